The summed E-state index contributed by atoms with van der Waals surface area (Å²) in [6.45, 7) is 4.87. The van der Waals surface area contributed by atoms with Crippen molar-refractivity contribution < 1.29 is 19.8 Å². The van der Waals surface area contributed by atoms with Crippen LogP contribution in [0.4, 0.5) is 4.79 Å². The predicted octanol–water partition coefficient (Wildman–Crippen LogP) is 0.295. The number of nitrogens with zero attached hydrogens (tertiary/aromatic N) is 1. The monoisotopic (exact) mass is 230 g/mol. The summed E-state index contributed by atoms with van der Waals surface area (Å²) < 4.78 is 0. The van der Waals surface area contributed by atoms with E-state index in [2.05, 4.69) is 5.32 Å². The molecule has 0 bridgehead atoms. The van der Waals surface area contributed by atoms with Gasteiger partial charge in [-0.25, -0.2) is 4.79 Å². The van der Waals surface area contributed by atoms with Crippen LogP contribution in [0.1, 0.15) is 13.8 Å². The van der Waals surface area contributed by atoms with Crippen LogP contribution in [0.15, 0.2) is 0 Å². The number of aliphatic carboxylic acids is 1. The van der Waals surface area contributed by atoms with Crippen LogP contribution < -0.4 is 5.32 Å². The summed E-state index contributed by atoms with van der Waals surface area (Å²) >= 11 is 0. The molecule has 1 amide bonds. The number of carboxylic acid groups (broad SMARTS) is 2. The minimum absolute atomic E-state index is 0.0924. The third-order valence-electron chi connectivity index (χ3n) is 2.82. The van der Waals surface area contributed by atoms with Crippen molar-refractivity contribution in [2.75, 3.05) is 19.6 Å². The van der Waals surface area contributed by atoms with Crippen molar-refractivity contribution in [1.29, 1.82) is 0 Å². The smallest absolute Gasteiger partial charge is 0.407 e. The highest BCUT2D eigenvalue weighted by Crippen LogP contribution is 2.23. The van der Waals surface area contributed by atoms with E-state index in [1.54, 1.807) is 0 Å². The number of likely N-dealkylation sites (tertiary alicyclic amines) is 1. The topological polar surface area (TPSA) is 89.9 Å². The van der Waals surface area contributed by atoms with Gasteiger partial charge in [0.15, 0.2) is 0 Å². The fourth-order valence-electron chi connectivity index (χ4n) is 1.90. The molecule has 0 saturated carbocycles. The zero-order valence-electron chi connectivity index (χ0n) is 9.51. The first-order valence-electron chi connectivity index (χ1n) is 5.36. The highest BCUT2D eigenvalue weighted by atomic mass is 16.4. The van der Waals surface area contributed by atoms with Gasteiger partial charge in [-0.1, -0.05) is 13.8 Å². The molecule has 2 atom stereocenters. The molecule has 1 heterocycles. The molecule has 16 heavy (non-hydrogen) atoms. The Hall–Kier alpha value is -1.30. The van der Waals surface area contributed by atoms with Gasteiger partial charge in [0.25, 0.3) is 0 Å². The van der Waals surface area contributed by atoms with Crippen molar-refractivity contribution in [2.45, 2.75) is 19.9 Å². The van der Waals surface area contributed by atoms with Gasteiger partial charge < -0.3 is 20.4 Å². The highest BCUT2D eigenvalue weighted by molar-refractivity contribution is 5.73. The molecule has 0 aromatic heterocycles. The second kappa shape index (κ2) is 5.16. The van der Waals surface area contributed by atoms with Gasteiger partial charge in [-0.3, -0.25) is 4.79 Å². The van der Waals surface area contributed by atoms with E-state index >= 15 is 0 Å². The highest BCUT2D eigenvalue weighted by Gasteiger charge is 2.39. The van der Waals surface area contributed by atoms with Gasteiger partial charge in [-0.2, -0.15) is 0 Å². The van der Waals surface area contributed by atoms with E-state index in [4.69, 9.17) is 10.2 Å². The lowest BCUT2D eigenvalue weighted by molar-refractivity contribution is -0.142. The summed E-state index contributed by atoms with van der Waals surface area (Å²) in [4.78, 5) is 22.9. The fraction of sp³-hybridized carbons (Fsp3) is 0.800. The normalized spacial score (nSPS) is 25.1. The number of hydrogen-bond acceptors (Lipinski definition) is 3. The van der Waals surface area contributed by atoms with Crippen LogP contribution in [-0.2, 0) is 4.79 Å². The Morgan fingerprint density at radius 1 is 1.38 bits per heavy atom. The Kier molecular flexibility index (Phi) is 4.12. The van der Waals surface area contributed by atoms with Crippen molar-refractivity contribution in [3.8, 4) is 0 Å². The molecule has 1 saturated heterocycles. The molecule has 92 valence electrons. The summed E-state index contributed by atoms with van der Waals surface area (Å²) in [5.41, 5.74) is 0. The molecule has 6 nitrogen and oxygen atoms in total. The van der Waals surface area contributed by atoms with Crippen LogP contribution in [-0.4, -0.2) is 52.9 Å². The number of hydrogen-bond donors (Lipinski definition) is 3. The Morgan fingerprint density at radius 2 is 2.00 bits per heavy atom. The van der Waals surface area contributed by atoms with Gasteiger partial charge in [0.05, 0.1) is 5.92 Å². The maximum Gasteiger partial charge on any atom is 0.407 e. The molecule has 0 radical (unpaired) electrons. The van der Waals surface area contributed by atoms with E-state index in [0.29, 0.717) is 13.1 Å². The SMILES string of the molecule is CC(C)NC[C@H]1CN(C(=O)O)C[C@H]1C(=O)O. The van der Waals surface area contributed by atoms with Gasteiger partial charge in [-0.05, 0) is 0 Å². The molecule has 1 rings (SSSR count). The van der Waals surface area contributed by atoms with Gasteiger partial charge in [0.2, 0.25) is 0 Å². The lowest BCUT2D eigenvalue weighted by Gasteiger charge is -2.16. The Bertz CT molecular complexity index is 280. The van der Waals surface area contributed by atoms with Crippen LogP contribution in [0.5, 0.6) is 0 Å². The van der Waals surface area contributed by atoms with Crippen LogP contribution >= 0.6 is 0 Å². The van der Waals surface area contributed by atoms with E-state index in [-0.39, 0.29) is 18.5 Å². The third-order valence-corrected chi connectivity index (χ3v) is 2.82. The lowest BCUT2D eigenvalue weighted by atomic mass is 9.96. The molecule has 0 aromatic rings. The summed E-state index contributed by atoms with van der Waals surface area (Å²) in [5, 5.41) is 21.0. The average molecular weight is 230 g/mol. The largest absolute Gasteiger partial charge is 0.481 e. The molecule has 0 unspecified atom stereocenters. The molecule has 0 aliphatic carbocycles. The zero-order chi connectivity index (χ0) is 12.3. The first-order chi connectivity index (χ1) is 7.41. The summed E-state index contributed by atoms with van der Waals surface area (Å²) in [6.07, 6.45) is -1.04. The quantitative estimate of drug-likeness (QED) is 0.646. The van der Waals surface area contributed by atoms with Gasteiger partial charge in [0, 0.05) is 31.6 Å². The lowest BCUT2D eigenvalue weighted by Crippen LogP contribution is -2.34. The molecule has 1 aliphatic rings. The van der Waals surface area contributed by atoms with Crippen molar-refractivity contribution in [3.63, 3.8) is 0 Å². The average Bonchev–Trinajstić information content (AvgIpc) is 2.58. The Balaban J connectivity index is 2.59. The van der Waals surface area contributed by atoms with E-state index in [1.165, 1.54) is 4.90 Å². The number of carboxylic acids is 1. The van der Waals surface area contributed by atoms with Crippen molar-refractivity contribution in [2.24, 2.45) is 11.8 Å². The minimum atomic E-state index is -1.04. The first kappa shape index (κ1) is 12.8. The Morgan fingerprint density at radius 3 is 2.44 bits per heavy atom. The molecular weight excluding hydrogens is 212 g/mol. The van der Waals surface area contributed by atoms with Crippen LogP contribution in [0, 0.1) is 11.8 Å². The number of amides is 1. The molecular formula is C10H18N2O4. The summed E-state index contributed by atoms with van der Waals surface area (Å²) in [6, 6.07) is 0.272. The first-order valence-corrected chi connectivity index (χ1v) is 5.36. The zero-order valence-corrected chi connectivity index (χ0v) is 9.51. The van der Waals surface area contributed by atoms with E-state index in [0.717, 1.165) is 0 Å². The molecule has 6 heteroatoms. The molecule has 0 aromatic carbocycles. The van der Waals surface area contributed by atoms with Gasteiger partial charge >= 0.3 is 12.1 Å². The van der Waals surface area contributed by atoms with E-state index in [1.807, 2.05) is 13.8 Å². The standard InChI is InChI=1S/C10H18N2O4/c1-6(2)11-3-7-4-12(10(15)16)5-8(7)9(13)14/h6-8,11H,3-5H2,1-2H3,(H,13,14)(H,15,16)/t7-,8+/m0/s1. The maximum absolute atomic E-state index is 11.0. The molecule has 1 fully saturated rings. The predicted molar refractivity (Wildman–Crippen MR) is 57.4 cm³/mol. The van der Waals surface area contributed by atoms with E-state index < -0.39 is 18.0 Å². The third kappa shape index (κ3) is 3.10. The number of rotatable bonds is 4. The molecule has 0 spiro atoms. The fourth-order valence-corrected chi connectivity index (χ4v) is 1.90. The van der Waals surface area contributed by atoms with Crippen LogP contribution in [0.3, 0.4) is 0 Å². The van der Waals surface area contributed by atoms with Crippen molar-refractivity contribution in [1.82, 2.24) is 10.2 Å². The van der Waals surface area contributed by atoms with Crippen LogP contribution in [0.2, 0.25) is 0 Å². The van der Waals surface area contributed by atoms with Crippen LogP contribution in [0.25, 0.3) is 0 Å². The molecule has 1 aliphatic heterocycles. The summed E-state index contributed by atoms with van der Waals surface area (Å²) in [7, 11) is 0. The summed E-state index contributed by atoms with van der Waals surface area (Å²) in [5.74, 6) is -1.65. The van der Waals surface area contributed by atoms with Gasteiger partial charge in [0.1, 0.15) is 0 Å². The molecule has 3 N–H and O–H groups in total. The van der Waals surface area contributed by atoms with E-state index in [9.17, 15) is 9.59 Å². The maximum atomic E-state index is 11.0. The Labute approximate surface area is 94.2 Å². The second-order valence-corrected chi connectivity index (χ2v) is 4.46. The number of nitrogens with one attached hydrogen (secondary N) is 1. The van der Waals surface area contributed by atoms with Crippen molar-refractivity contribution in [3.05, 3.63) is 0 Å². The van der Waals surface area contributed by atoms with Crippen molar-refractivity contribution >= 4 is 12.1 Å². The number of carbonyl (C=O) groups is 2. The minimum Gasteiger partial charge on any atom is -0.481 e. The second-order valence-electron chi connectivity index (χ2n) is 4.46. The van der Waals surface area contributed by atoms with Gasteiger partial charge in [-0.15, -0.1) is 0 Å².